The molecule has 0 aliphatic heterocycles. The Morgan fingerprint density at radius 1 is 0.489 bits per heavy atom. The summed E-state index contributed by atoms with van der Waals surface area (Å²) in [7, 11) is 1.48. The number of nitrogens with zero attached hydrogens (tertiary/aromatic N) is 2. The molecule has 6 aromatic carbocycles. The van der Waals surface area contributed by atoms with Crippen LogP contribution in [0.5, 0.6) is 0 Å². The van der Waals surface area contributed by atoms with Crippen LogP contribution in [0.1, 0.15) is 27.6 Å². The van der Waals surface area contributed by atoms with Crippen LogP contribution in [0.2, 0.25) is 0 Å². The molecule has 0 saturated carbocycles. The average Bonchev–Trinajstić information content (AvgIpc) is 3.13. The molecule has 0 bridgehead atoms. The van der Waals surface area contributed by atoms with Crippen LogP contribution in [0.3, 0.4) is 0 Å². The number of carbonyl (C=O) groups excluding carboxylic acids is 2. The van der Waals surface area contributed by atoms with E-state index >= 15 is 0 Å². The van der Waals surface area contributed by atoms with Crippen molar-refractivity contribution in [3.05, 3.63) is 169 Å². The Kier molecular flexibility index (Phi) is 9.51. The smallest absolute Gasteiger partial charge is 0.340 e. The molecule has 6 aromatic rings. The van der Waals surface area contributed by atoms with Crippen molar-refractivity contribution in [3.63, 3.8) is 0 Å². The number of carbonyl (C=O) groups is 2. The average molecular weight is 619 g/mol. The molecule has 6 nitrogen and oxygen atoms in total. The molecule has 0 unspecified atom stereocenters. The van der Waals surface area contributed by atoms with Crippen molar-refractivity contribution in [3.8, 4) is 11.1 Å². The fourth-order valence-corrected chi connectivity index (χ4v) is 5.49. The number of anilines is 6. The molecular formula is C41H34N2O4. The third kappa shape index (κ3) is 7.14. The highest BCUT2D eigenvalue weighted by molar-refractivity contribution is 5.96. The van der Waals surface area contributed by atoms with Gasteiger partial charge >= 0.3 is 5.97 Å². The van der Waals surface area contributed by atoms with E-state index in [0.29, 0.717) is 11.1 Å². The molecule has 0 aromatic heterocycles. The lowest BCUT2D eigenvalue weighted by atomic mass is 10.0. The van der Waals surface area contributed by atoms with Gasteiger partial charge in [-0.1, -0.05) is 78.9 Å². The molecule has 6 heteroatoms. The number of para-hydroxylation sites is 2. The van der Waals surface area contributed by atoms with Gasteiger partial charge in [0, 0.05) is 46.8 Å². The van der Waals surface area contributed by atoms with E-state index in [1.807, 2.05) is 91.0 Å². The maximum atomic E-state index is 12.6. The predicted molar refractivity (Wildman–Crippen MR) is 189 cm³/mol. The van der Waals surface area contributed by atoms with Gasteiger partial charge in [-0.05, 0) is 96.9 Å². The zero-order valence-corrected chi connectivity index (χ0v) is 26.2. The van der Waals surface area contributed by atoms with E-state index in [0.717, 1.165) is 45.3 Å². The Morgan fingerprint density at radius 3 is 1.34 bits per heavy atom. The molecule has 0 atom stereocenters. The van der Waals surface area contributed by atoms with E-state index in [1.54, 1.807) is 13.0 Å². The molecule has 0 fully saturated rings. The fourth-order valence-electron chi connectivity index (χ4n) is 5.49. The summed E-state index contributed by atoms with van der Waals surface area (Å²) in [5.41, 5.74) is 8.88. The summed E-state index contributed by atoms with van der Waals surface area (Å²) >= 11 is 0. The zero-order valence-electron chi connectivity index (χ0n) is 26.2. The Balaban J connectivity index is 1.31. The molecule has 0 aliphatic carbocycles. The summed E-state index contributed by atoms with van der Waals surface area (Å²) in [5.74, 6) is -0.417. The van der Waals surface area contributed by atoms with Crippen molar-refractivity contribution in [1.82, 2.24) is 0 Å². The molecule has 232 valence electrons. The number of methoxy groups -OCH3 is 1. The number of rotatable bonds is 11. The number of ether oxygens (including phenoxy) is 2. The molecule has 0 radical (unpaired) electrons. The predicted octanol–water partition coefficient (Wildman–Crippen LogP) is 10.3. The lowest BCUT2D eigenvalue weighted by Crippen LogP contribution is -2.12. The molecule has 6 rings (SSSR count). The van der Waals surface area contributed by atoms with Crippen LogP contribution in [-0.4, -0.2) is 25.7 Å². The first-order valence-corrected chi connectivity index (χ1v) is 15.3. The Labute approximate surface area is 275 Å². The molecule has 47 heavy (non-hydrogen) atoms. The van der Waals surface area contributed by atoms with E-state index < -0.39 is 5.97 Å². The van der Waals surface area contributed by atoms with Crippen molar-refractivity contribution in [1.29, 1.82) is 0 Å². The lowest BCUT2D eigenvalue weighted by Gasteiger charge is -2.26. The second-order valence-corrected chi connectivity index (χ2v) is 10.9. The SMILES string of the molecule is COCOC(=O)c1cccc(N(c2ccccc2)c2ccc(-c3ccc(N(c4ccccc4)c4cccc(C(C)=O)c4)cc3)cc2)c1. The van der Waals surface area contributed by atoms with E-state index in [-0.39, 0.29) is 12.6 Å². The summed E-state index contributed by atoms with van der Waals surface area (Å²) in [5, 5.41) is 0. The number of ketones is 1. The van der Waals surface area contributed by atoms with Crippen molar-refractivity contribution < 1.29 is 19.1 Å². The van der Waals surface area contributed by atoms with Gasteiger partial charge in [-0.3, -0.25) is 4.79 Å². The highest BCUT2D eigenvalue weighted by Crippen LogP contribution is 2.38. The van der Waals surface area contributed by atoms with Crippen molar-refractivity contribution in [2.45, 2.75) is 6.92 Å². The molecule has 0 spiro atoms. The number of esters is 1. The summed E-state index contributed by atoms with van der Waals surface area (Å²) in [4.78, 5) is 29.0. The van der Waals surface area contributed by atoms with Crippen molar-refractivity contribution >= 4 is 45.9 Å². The quantitative estimate of drug-likeness (QED) is 0.0818. The van der Waals surface area contributed by atoms with Gasteiger partial charge < -0.3 is 19.3 Å². The van der Waals surface area contributed by atoms with Gasteiger partial charge in [-0.2, -0.15) is 0 Å². The van der Waals surface area contributed by atoms with Crippen LogP contribution < -0.4 is 9.80 Å². The minimum Gasteiger partial charge on any atom is -0.435 e. The molecule has 0 N–H and O–H groups in total. The topological polar surface area (TPSA) is 59.1 Å². The Bertz CT molecular complexity index is 1960. The Morgan fingerprint density at radius 2 is 0.894 bits per heavy atom. The monoisotopic (exact) mass is 618 g/mol. The number of Topliss-reactive ketones (excluding diaryl/α,β-unsaturated/α-hetero) is 1. The van der Waals surface area contributed by atoms with Gasteiger partial charge in [0.15, 0.2) is 12.6 Å². The first-order valence-electron chi connectivity index (χ1n) is 15.3. The summed E-state index contributed by atoms with van der Waals surface area (Å²) < 4.78 is 10.1. The van der Waals surface area contributed by atoms with Crippen LogP contribution in [0, 0.1) is 0 Å². The van der Waals surface area contributed by atoms with Crippen LogP contribution in [0.25, 0.3) is 11.1 Å². The second-order valence-electron chi connectivity index (χ2n) is 10.9. The minimum atomic E-state index is -0.446. The van der Waals surface area contributed by atoms with Crippen LogP contribution in [-0.2, 0) is 9.47 Å². The van der Waals surface area contributed by atoms with E-state index in [2.05, 4.69) is 70.5 Å². The lowest BCUT2D eigenvalue weighted by molar-refractivity contribution is -0.0125. The van der Waals surface area contributed by atoms with Gasteiger partial charge in [0.2, 0.25) is 0 Å². The normalized spacial score (nSPS) is 10.7. The van der Waals surface area contributed by atoms with E-state index in [4.69, 9.17) is 9.47 Å². The van der Waals surface area contributed by atoms with Gasteiger partial charge in [0.1, 0.15) is 0 Å². The van der Waals surface area contributed by atoms with E-state index in [1.165, 1.54) is 7.11 Å². The summed E-state index contributed by atoms with van der Waals surface area (Å²) in [6.45, 7) is 1.48. The van der Waals surface area contributed by atoms with Gasteiger partial charge in [0.25, 0.3) is 0 Å². The molecule has 0 heterocycles. The fraction of sp³-hybridized carbons (Fsp3) is 0.0732. The standard InChI is InChI=1S/C41H34N2O4/c1-30(44)33-11-9-17-39(27-33)42(35-13-5-3-6-14-35)37-23-19-31(20-24-37)32-21-25-38(26-22-32)43(36-15-7-4-8-16-36)40-18-10-12-34(28-40)41(45)47-29-46-2/h3-28H,29H2,1-2H3. The highest BCUT2D eigenvalue weighted by Gasteiger charge is 2.17. The molecular weight excluding hydrogens is 584 g/mol. The van der Waals surface area contributed by atoms with Gasteiger partial charge in [0.05, 0.1) is 5.56 Å². The maximum Gasteiger partial charge on any atom is 0.340 e. The third-order valence-electron chi connectivity index (χ3n) is 7.77. The number of hydrogen-bond donors (Lipinski definition) is 0. The van der Waals surface area contributed by atoms with Crippen LogP contribution in [0.4, 0.5) is 34.1 Å². The van der Waals surface area contributed by atoms with E-state index in [9.17, 15) is 9.59 Å². The second kappa shape index (κ2) is 14.4. The zero-order chi connectivity index (χ0) is 32.6. The van der Waals surface area contributed by atoms with Gasteiger partial charge in [-0.25, -0.2) is 4.79 Å². The Hall–Kier alpha value is -5.98. The summed E-state index contributed by atoms with van der Waals surface area (Å²) in [6, 6.07) is 52.0. The molecule has 0 amide bonds. The van der Waals surface area contributed by atoms with Gasteiger partial charge in [-0.15, -0.1) is 0 Å². The molecule has 0 aliphatic rings. The van der Waals surface area contributed by atoms with Crippen LogP contribution in [0.15, 0.2) is 158 Å². The van der Waals surface area contributed by atoms with Crippen molar-refractivity contribution in [2.24, 2.45) is 0 Å². The largest absolute Gasteiger partial charge is 0.435 e. The maximum absolute atomic E-state index is 12.6. The van der Waals surface area contributed by atoms with Crippen LogP contribution >= 0.6 is 0 Å². The third-order valence-corrected chi connectivity index (χ3v) is 7.77. The summed E-state index contributed by atoms with van der Waals surface area (Å²) in [6.07, 6.45) is 0. The molecule has 0 saturated heterocycles. The highest BCUT2D eigenvalue weighted by atomic mass is 16.7. The number of hydrogen-bond acceptors (Lipinski definition) is 6. The first-order chi connectivity index (χ1) is 23.0. The minimum absolute atomic E-state index is 0.0294. The van der Waals surface area contributed by atoms with Crippen molar-refractivity contribution in [2.75, 3.05) is 23.7 Å². The number of benzene rings is 6. The first kappa shape index (κ1) is 31.0.